The van der Waals surface area contributed by atoms with E-state index in [1.54, 1.807) is 0 Å². The van der Waals surface area contributed by atoms with Crippen molar-refractivity contribution in [3.8, 4) is 56.2 Å². The van der Waals surface area contributed by atoms with Crippen LogP contribution < -0.4 is 9.80 Å². The molecule has 0 bridgehead atoms. The quantitative estimate of drug-likeness (QED) is 0.130. The van der Waals surface area contributed by atoms with Crippen LogP contribution in [0, 0.1) is 0 Å². The summed E-state index contributed by atoms with van der Waals surface area (Å²) < 4.78 is 8.63. The van der Waals surface area contributed by atoms with Gasteiger partial charge in [0.25, 0.3) is 0 Å². The molecule has 6 heteroatoms. The fourth-order valence-corrected chi connectivity index (χ4v) is 8.67. The van der Waals surface area contributed by atoms with Gasteiger partial charge in [0.1, 0.15) is 0 Å². The van der Waals surface area contributed by atoms with E-state index >= 15 is 0 Å². The smallest absolute Gasteiger partial charge is 0.0477 e. The lowest BCUT2D eigenvalue weighted by Crippen LogP contribution is -2.10. The van der Waals surface area contributed by atoms with Crippen LogP contribution in [-0.4, -0.2) is 18.3 Å². The highest BCUT2D eigenvalue weighted by Gasteiger charge is 2.17. The minimum absolute atomic E-state index is 1.09. The summed E-state index contributed by atoms with van der Waals surface area (Å²) in [5, 5.41) is 0. The standard InChI is InChI=1S/C56H48N6/c1-57-37-5-9-53(57)43-17-29-49(30-18-43)61(50-31-19-44(20-32-50)54-10-6-38-58(54)2)47-25-13-41(14-26-47)42-15-27-48(28-16-42)62(51-33-21-45(22-34-51)55-11-7-39-59(55)3)52-35-23-46(24-36-52)56-12-8-40-60(56)4/h5-40H,1-4H3. The molecule has 0 atom stereocenters. The molecule has 0 aliphatic heterocycles. The molecular formula is C56H48N6. The summed E-state index contributed by atoms with van der Waals surface area (Å²) in [6.07, 6.45) is 8.35. The molecule has 0 N–H and O–H groups in total. The third-order valence-electron chi connectivity index (χ3n) is 12.0. The molecule has 0 aliphatic carbocycles. The van der Waals surface area contributed by atoms with E-state index in [0.717, 1.165) is 45.3 Å². The Kier molecular flexibility index (Phi) is 10.0. The average molecular weight is 805 g/mol. The molecule has 0 spiro atoms. The Morgan fingerprint density at radius 3 is 0.565 bits per heavy atom. The topological polar surface area (TPSA) is 26.2 Å². The van der Waals surface area contributed by atoms with Crippen molar-refractivity contribution >= 4 is 34.1 Å². The number of hydrogen-bond donors (Lipinski definition) is 0. The summed E-state index contributed by atoms with van der Waals surface area (Å²) in [6, 6.07) is 70.3. The molecule has 62 heavy (non-hydrogen) atoms. The van der Waals surface area contributed by atoms with Gasteiger partial charge in [-0.15, -0.1) is 0 Å². The van der Waals surface area contributed by atoms with Crippen LogP contribution in [0.2, 0.25) is 0 Å². The third kappa shape index (κ3) is 7.33. The van der Waals surface area contributed by atoms with E-state index in [4.69, 9.17) is 0 Å². The summed E-state index contributed by atoms with van der Waals surface area (Å²) in [4.78, 5) is 4.67. The first-order valence-electron chi connectivity index (χ1n) is 21.1. The molecule has 302 valence electrons. The highest BCUT2D eigenvalue weighted by Crippen LogP contribution is 2.40. The van der Waals surface area contributed by atoms with Gasteiger partial charge in [-0.2, -0.15) is 0 Å². The zero-order valence-corrected chi connectivity index (χ0v) is 35.5. The molecule has 4 aromatic heterocycles. The molecule has 0 aliphatic rings. The molecule has 6 aromatic carbocycles. The number of aromatic nitrogens is 4. The predicted molar refractivity (Wildman–Crippen MR) is 259 cm³/mol. The number of rotatable bonds is 11. The van der Waals surface area contributed by atoms with Crippen molar-refractivity contribution in [2.75, 3.05) is 9.80 Å². The number of benzene rings is 6. The summed E-state index contributed by atoms with van der Waals surface area (Å²) in [6.45, 7) is 0. The van der Waals surface area contributed by atoms with Crippen LogP contribution in [0.3, 0.4) is 0 Å². The first kappa shape index (κ1) is 38.3. The van der Waals surface area contributed by atoms with E-state index in [2.05, 4.69) is 275 Å². The summed E-state index contributed by atoms with van der Waals surface area (Å²) >= 11 is 0. The predicted octanol–water partition coefficient (Wildman–Crippen LogP) is 14.3. The minimum Gasteiger partial charge on any atom is -0.351 e. The molecule has 0 fully saturated rings. The molecule has 10 aromatic rings. The van der Waals surface area contributed by atoms with Gasteiger partial charge in [0.15, 0.2) is 0 Å². The van der Waals surface area contributed by atoms with Crippen LogP contribution in [0.5, 0.6) is 0 Å². The van der Waals surface area contributed by atoms with Crippen LogP contribution in [0.1, 0.15) is 0 Å². The van der Waals surface area contributed by atoms with Crippen molar-refractivity contribution in [2.24, 2.45) is 28.2 Å². The molecule has 0 amide bonds. The summed E-state index contributed by atoms with van der Waals surface area (Å²) in [7, 11) is 8.35. The molecule has 6 nitrogen and oxygen atoms in total. The van der Waals surface area contributed by atoms with Gasteiger partial charge in [0.2, 0.25) is 0 Å². The van der Waals surface area contributed by atoms with Crippen LogP contribution >= 0.6 is 0 Å². The van der Waals surface area contributed by atoms with Gasteiger partial charge < -0.3 is 28.1 Å². The highest BCUT2D eigenvalue weighted by molar-refractivity contribution is 5.83. The van der Waals surface area contributed by atoms with Crippen molar-refractivity contribution in [2.45, 2.75) is 0 Å². The lowest BCUT2D eigenvalue weighted by atomic mass is 10.0. The Bertz CT molecular complexity index is 2690. The molecule has 0 saturated heterocycles. The monoisotopic (exact) mass is 804 g/mol. The maximum atomic E-state index is 2.33. The number of anilines is 6. The maximum Gasteiger partial charge on any atom is 0.0477 e. The molecule has 4 heterocycles. The largest absolute Gasteiger partial charge is 0.351 e. The molecule has 10 rings (SSSR count). The van der Waals surface area contributed by atoms with Gasteiger partial charge in [-0.3, -0.25) is 0 Å². The lowest BCUT2D eigenvalue weighted by Gasteiger charge is -2.27. The van der Waals surface area contributed by atoms with Gasteiger partial charge in [0.05, 0.1) is 0 Å². The van der Waals surface area contributed by atoms with E-state index in [1.165, 1.54) is 45.0 Å². The van der Waals surface area contributed by atoms with Gasteiger partial charge >= 0.3 is 0 Å². The lowest BCUT2D eigenvalue weighted by molar-refractivity contribution is 0.937. The van der Waals surface area contributed by atoms with Crippen LogP contribution in [0.25, 0.3) is 56.2 Å². The second kappa shape index (κ2) is 16.2. The average Bonchev–Trinajstić information content (AvgIpc) is 4.15. The Balaban J connectivity index is 0.965. The second-order valence-electron chi connectivity index (χ2n) is 16.0. The molecule has 0 radical (unpaired) electrons. The first-order chi connectivity index (χ1) is 30.4. The Hall–Kier alpha value is -7.96. The Morgan fingerprint density at radius 2 is 0.403 bits per heavy atom. The van der Waals surface area contributed by atoms with Crippen molar-refractivity contribution in [3.05, 3.63) is 219 Å². The van der Waals surface area contributed by atoms with Crippen LogP contribution in [-0.2, 0) is 28.2 Å². The van der Waals surface area contributed by atoms with E-state index in [9.17, 15) is 0 Å². The highest BCUT2D eigenvalue weighted by atomic mass is 15.1. The van der Waals surface area contributed by atoms with Crippen molar-refractivity contribution < 1.29 is 0 Å². The number of hydrogen-bond acceptors (Lipinski definition) is 2. The van der Waals surface area contributed by atoms with Crippen molar-refractivity contribution in [1.29, 1.82) is 0 Å². The van der Waals surface area contributed by atoms with Crippen molar-refractivity contribution in [3.63, 3.8) is 0 Å². The minimum atomic E-state index is 1.09. The fraction of sp³-hybridized carbons (Fsp3) is 0.0714. The summed E-state index contributed by atoms with van der Waals surface area (Å²) in [5.41, 5.74) is 18.4. The third-order valence-corrected chi connectivity index (χ3v) is 12.0. The van der Waals surface area contributed by atoms with E-state index in [0.29, 0.717) is 0 Å². The normalized spacial score (nSPS) is 11.2. The van der Waals surface area contributed by atoms with E-state index in [-0.39, 0.29) is 0 Å². The van der Waals surface area contributed by atoms with Crippen molar-refractivity contribution in [1.82, 2.24) is 18.3 Å². The Morgan fingerprint density at radius 1 is 0.226 bits per heavy atom. The van der Waals surface area contributed by atoms with Crippen LogP contribution in [0.15, 0.2) is 219 Å². The van der Waals surface area contributed by atoms with E-state index < -0.39 is 0 Å². The molecule has 0 unspecified atom stereocenters. The maximum absolute atomic E-state index is 2.33. The SMILES string of the molecule is Cn1cccc1-c1ccc(N(c2ccc(-c3ccc(N(c4ccc(-c5cccn5C)cc4)c4ccc(-c5cccn5C)cc4)cc3)cc2)c2ccc(-c3cccn3C)cc2)cc1. The molecular weight excluding hydrogens is 757 g/mol. The fourth-order valence-electron chi connectivity index (χ4n) is 8.67. The zero-order chi connectivity index (χ0) is 42.2. The van der Waals surface area contributed by atoms with Crippen LogP contribution in [0.4, 0.5) is 34.1 Å². The van der Waals surface area contributed by atoms with E-state index in [1.807, 2.05) is 0 Å². The Labute approximate surface area is 364 Å². The summed E-state index contributed by atoms with van der Waals surface area (Å²) in [5.74, 6) is 0. The first-order valence-corrected chi connectivity index (χ1v) is 21.1. The number of nitrogens with zero attached hydrogens (tertiary/aromatic N) is 6. The zero-order valence-electron chi connectivity index (χ0n) is 35.5. The van der Waals surface area contributed by atoms with Gasteiger partial charge in [-0.1, -0.05) is 72.8 Å². The van der Waals surface area contributed by atoms with Gasteiger partial charge in [-0.25, -0.2) is 0 Å². The van der Waals surface area contributed by atoms with Gasteiger partial charge in [0, 0.05) is 110 Å². The second-order valence-corrected chi connectivity index (χ2v) is 16.0. The van der Waals surface area contributed by atoms with Gasteiger partial charge in [-0.05, 0) is 155 Å². The molecule has 0 saturated carbocycles. The number of aryl methyl sites for hydroxylation is 4.